The predicted octanol–water partition coefficient (Wildman–Crippen LogP) is 1.25. The molecule has 19 heavy (non-hydrogen) atoms. The predicted molar refractivity (Wildman–Crippen MR) is 74.2 cm³/mol. The van der Waals surface area contributed by atoms with Crippen LogP contribution < -0.4 is 11.1 Å². The van der Waals surface area contributed by atoms with Gasteiger partial charge in [-0.15, -0.1) is 0 Å². The van der Waals surface area contributed by atoms with Crippen molar-refractivity contribution in [3.63, 3.8) is 0 Å². The molecule has 0 atom stereocenters. The van der Waals surface area contributed by atoms with Gasteiger partial charge in [-0.2, -0.15) is 5.10 Å². The number of nitrogens with zero attached hydrogens (tertiary/aromatic N) is 2. The first kappa shape index (κ1) is 13.1. The molecule has 1 aromatic heterocycles. The fourth-order valence-corrected chi connectivity index (χ4v) is 1.84. The Balaban J connectivity index is 1.75. The van der Waals surface area contributed by atoms with E-state index in [-0.39, 0.29) is 5.91 Å². The number of hydrogen-bond acceptors (Lipinski definition) is 3. The summed E-state index contributed by atoms with van der Waals surface area (Å²) in [6.45, 7) is 0.469. The van der Waals surface area contributed by atoms with Crippen LogP contribution in [0, 0.1) is 0 Å². The summed E-state index contributed by atoms with van der Waals surface area (Å²) in [4.78, 5) is 11.7. The summed E-state index contributed by atoms with van der Waals surface area (Å²) in [5, 5.41) is 7.05. The number of hydrogen-bond donors (Lipinski definition) is 2. The number of nitrogens with one attached hydrogen (secondary N) is 1. The Morgan fingerprint density at radius 3 is 2.95 bits per heavy atom. The molecule has 5 nitrogen and oxygen atoms in total. The Labute approximate surface area is 112 Å². The SMILES string of the molecule is Cn1ccc(CNC(=O)CCc2cccc(N)c2)n1. The smallest absolute Gasteiger partial charge is 0.220 e. The summed E-state index contributed by atoms with van der Waals surface area (Å²) in [6, 6.07) is 9.49. The van der Waals surface area contributed by atoms with E-state index in [9.17, 15) is 4.79 Å². The van der Waals surface area contributed by atoms with Gasteiger partial charge in [0.2, 0.25) is 5.91 Å². The second-order valence-corrected chi connectivity index (χ2v) is 4.50. The molecule has 100 valence electrons. The Hall–Kier alpha value is -2.30. The third kappa shape index (κ3) is 4.13. The van der Waals surface area contributed by atoms with E-state index in [1.165, 1.54) is 0 Å². The average Bonchev–Trinajstić information content (AvgIpc) is 2.80. The van der Waals surface area contributed by atoms with Gasteiger partial charge in [0.15, 0.2) is 0 Å². The number of carbonyl (C=O) groups is 1. The van der Waals surface area contributed by atoms with Crippen LogP contribution in [0.25, 0.3) is 0 Å². The molecule has 0 aliphatic carbocycles. The van der Waals surface area contributed by atoms with Crippen molar-refractivity contribution in [2.24, 2.45) is 7.05 Å². The first-order chi connectivity index (χ1) is 9.13. The maximum absolute atomic E-state index is 11.7. The van der Waals surface area contributed by atoms with E-state index in [4.69, 9.17) is 5.73 Å². The number of nitrogen functional groups attached to an aromatic ring is 1. The van der Waals surface area contributed by atoms with Crippen LogP contribution in [-0.2, 0) is 24.8 Å². The van der Waals surface area contributed by atoms with Crippen LogP contribution >= 0.6 is 0 Å². The Morgan fingerprint density at radius 2 is 2.26 bits per heavy atom. The topological polar surface area (TPSA) is 72.9 Å². The van der Waals surface area contributed by atoms with Gasteiger partial charge in [-0.05, 0) is 30.2 Å². The molecular weight excluding hydrogens is 240 g/mol. The minimum atomic E-state index is 0.0214. The zero-order valence-corrected chi connectivity index (χ0v) is 11.0. The lowest BCUT2D eigenvalue weighted by Crippen LogP contribution is -2.23. The van der Waals surface area contributed by atoms with Gasteiger partial charge < -0.3 is 11.1 Å². The van der Waals surface area contributed by atoms with E-state index in [1.54, 1.807) is 4.68 Å². The van der Waals surface area contributed by atoms with Gasteiger partial charge >= 0.3 is 0 Å². The summed E-state index contributed by atoms with van der Waals surface area (Å²) in [7, 11) is 1.85. The molecule has 2 rings (SSSR count). The minimum absolute atomic E-state index is 0.0214. The monoisotopic (exact) mass is 258 g/mol. The highest BCUT2D eigenvalue weighted by molar-refractivity contribution is 5.76. The molecule has 2 aromatic rings. The van der Waals surface area contributed by atoms with Crippen LogP contribution in [0.15, 0.2) is 36.5 Å². The van der Waals surface area contributed by atoms with E-state index in [2.05, 4.69) is 10.4 Å². The van der Waals surface area contributed by atoms with Crippen molar-refractivity contribution in [2.75, 3.05) is 5.73 Å². The zero-order valence-electron chi connectivity index (χ0n) is 11.0. The third-order valence-corrected chi connectivity index (χ3v) is 2.83. The number of aromatic nitrogens is 2. The zero-order chi connectivity index (χ0) is 13.7. The number of rotatable bonds is 5. The van der Waals surface area contributed by atoms with Crippen LogP contribution in [0.5, 0.6) is 0 Å². The Morgan fingerprint density at radius 1 is 1.42 bits per heavy atom. The number of nitrogens with two attached hydrogens (primary N) is 1. The maximum Gasteiger partial charge on any atom is 0.220 e. The number of carbonyl (C=O) groups excluding carboxylic acids is 1. The van der Waals surface area contributed by atoms with Crippen LogP contribution in [0.1, 0.15) is 17.7 Å². The standard InChI is InChI=1S/C14H18N4O/c1-18-8-7-13(17-18)10-16-14(19)6-5-11-3-2-4-12(15)9-11/h2-4,7-9H,5-6,10,15H2,1H3,(H,16,19). The van der Waals surface area contributed by atoms with E-state index in [0.29, 0.717) is 19.4 Å². The lowest BCUT2D eigenvalue weighted by atomic mass is 10.1. The van der Waals surface area contributed by atoms with E-state index in [0.717, 1.165) is 16.9 Å². The summed E-state index contributed by atoms with van der Waals surface area (Å²) < 4.78 is 1.72. The normalized spacial score (nSPS) is 10.4. The molecule has 0 saturated carbocycles. The molecule has 3 N–H and O–H groups in total. The third-order valence-electron chi connectivity index (χ3n) is 2.83. The van der Waals surface area contributed by atoms with Crippen LogP contribution in [0.2, 0.25) is 0 Å². The molecule has 5 heteroatoms. The summed E-state index contributed by atoms with van der Waals surface area (Å²) in [6.07, 6.45) is 3.00. The van der Waals surface area contributed by atoms with Crippen molar-refractivity contribution in [1.29, 1.82) is 0 Å². The molecule has 1 amide bonds. The van der Waals surface area contributed by atoms with Gasteiger partial charge in [0, 0.05) is 25.4 Å². The van der Waals surface area contributed by atoms with Gasteiger partial charge in [-0.1, -0.05) is 12.1 Å². The van der Waals surface area contributed by atoms with Gasteiger partial charge in [-0.25, -0.2) is 0 Å². The highest BCUT2D eigenvalue weighted by Crippen LogP contribution is 2.08. The molecular formula is C14H18N4O. The summed E-state index contributed by atoms with van der Waals surface area (Å²) in [5.74, 6) is 0.0214. The van der Waals surface area contributed by atoms with Gasteiger partial charge in [0.05, 0.1) is 12.2 Å². The van der Waals surface area contributed by atoms with Crippen molar-refractivity contribution in [3.05, 3.63) is 47.8 Å². The number of benzene rings is 1. The molecule has 0 unspecified atom stereocenters. The van der Waals surface area contributed by atoms with Gasteiger partial charge in [-0.3, -0.25) is 9.48 Å². The number of anilines is 1. The van der Waals surface area contributed by atoms with Crippen molar-refractivity contribution in [3.8, 4) is 0 Å². The largest absolute Gasteiger partial charge is 0.399 e. The van der Waals surface area contributed by atoms with Crippen molar-refractivity contribution >= 4 is 11.6 Å². The highest BCUT2D eigenvalue weighted by Gasteiger charge is 2.04. The first-order valence-corrected chi connectivity index (χ1v) is 6.23. The molecule has 0 saturated heterocycles. The molecule has 0 radical (unpaired) electrons. The lowest BCUT2D eigenvalue weighted by Gasteiger charge is -2.04. The number of aryl methyl sites for hydroxylation is 2. The van der Waals surface area contributed by atoms with Crippen molar-refractivity contribution in [1.82, 2.24) is 15.1 Å². The second kappa shape index (κ2) is 6.04. The minimum Gasteiger partial charge on any atom is -0.399 e. The highest BCUT2D eigenvalue weighted by atomic mass is 16.1. The summed E-state index contributed by atoms with van der Waals surface area (Å²) >= 11 is 0. The number of amides is 1. The van der Waals surface area contributed by atoms with Crippen molar-refractivity contribution < 1.29 is 4.79 Å². The average molecular weight is 258 g/mol. The van der Waals surface area contributed by atoms with E-state index >= 15 is 0 Å². The first-order valence-electron chi connectivity index (χ1n) is 6.23. The van der Waals surface area contributed by atoms with Crippen LogP contribution in [-0.4, -0.2) is 15.7 Å². The molecule has 0 aliphatic rings. The molecule has 0 aliphatic heterocycles. The Bertz CT molecular complexity index is 562. The molecule has 0 fully saturated rings. The van der Waals surface area contributed by atoms with E-state index in [1.807, 2.05) is 43.6 Å². The molecule has 1 heterocycles. The maximum atomic E-state index is 11.7. The summed E-state index contributed by atoms with van der Waals surface area (Å²) in [5.41, 5.74) is 8.36. The van der Waals surface area contributed by atoms with Crippen LogP contribution in [0.4, 0.5) is 5.69 Å². The quantitative estimate of drug-likeness (QED) is 0.793. The molecule has 0 spiro atoms. The fraction of sp³-hybridized carbons (Fsp3) is 0.286. The van der Waals surface area contributed by atoms with E-state index < -0.39 is 0 Å². The molecule has 1 aromatic carbocycles. The molecule has 0 bridgehead atoms. The van der Waals surface area contributed by atoms with Gasteiger partial charge in [0.25, 0.3) is 0 Å². The van der Waals surface area contributed by atoms with Crippen molar-refractivity contribution in [2.45, 2.75) is 19.4 Å². The Kier molecular flexibility index (Phi) is 4.18. The lowest BCUT2D eigenvalue weighted by molar-refractivity contribution is -0.121. The second-order valence-electron chi connectivity index (χ2n) is 4.50. The van der Waals surface area contributed by atoms with Gasteiger partial charge in [0.1, 0.15) is 0 Å². The fourth-order valence-electron chi connectivity index (χ4n) is 1.84. The van der Waals surface area contributed by atoms with Crippen LogP contribution in [0.3, 0.4) is 0 Å².